The molecule has 5 heteroatoms. The third-order valence-corrected chi connectivity index (χ3v) is 2.48. The van der Waals surface area contributed by atoms with Gasteiger partial charge in [0.15, 0.2) is 0 Å². The third-order valence-electron chi connectivity index (χ3n) is 2.48. The van der Waals surface area contributed by atoms with Crippen LogP contribution in [0, 0.1) is 0 Å². The number of hydrogen-bond acceptors (Lipinski definition) is 3. The molecule has 2 heterocycles. The van der Waals surface area contributed by atoms with Crippen molar-refractivity contribution >= 4 is 6.03 Å². The molecule has 0 fully saturated rings. The minimum atomic E-state index is -0.122. The van der Waals surface area contributed by atoms with Crippen LogP contribution in [-0.4, -0.2) is 25.1 Å². The number of hydrogen-bond donors (Lipinski definition) is 0. The summed E-state index contributed by atoms with van der Waals surface area (Å²) in [6.07, 6.45) is 8.10. The summed E-state index contributed by atoms with van der Waals surface area (Å²) in [6, 6.07) is -0.122. The van der Waals surface area contributed by atoms with Crippen LogP contribution in [0.15, 0.2) is 24.8 Å². The van der Waals surface area contributed by atoms with Gasteiger partial charge in [-0.25, -0.2) is 14.8 Å². The number of nitrogens with zero attached hydrogens (tertiary/aromatic N) is 4. The molecule has 84 valence electrons. The van der Waals surface area contributed by atoms with Gasteiger partial charge in [0.1, 0.15) is 11.6 Å². The van der Waals surface area contributed by atoms with Crippen molar-refractivity contribution in [1.29, 1.82) is 0 Å². The second-order valence-corrected chi connectivity index (χ2v) is 3.42. The Morgan fingerprint density at radius 3 is 1.88 bits per heavy atom. The highest BCUT2D eigenvalue weighted by Crippen LogP contribution is 2.04. The van der Waals surface area contributed by atoms with Gasteiger partial charge in [0.2, 0.25) is 0 Å². The Labute approximate surface area is 93.8 Å². The Hall–Kier alpha value is -1.91. The van der Waals surface area contributed by atoms with Crippen molar-refractivity contribution in [3.05, 3.63) is 36.4 Å². The molecule has 2 aromatic rings. The van der Waals surface area contributed by atoms with Crippen molar-refractivity contribution in [3.8, 4) is 0 Å². The van der Waals surface area contributed by atoms with Gasteiger partial charge in [-0.05, 0) is 0 Å². The van der Waals surface area contributed by atoms with Gasteiger partial charge in [-0.3, -0.25) is 9.13 Å². The molecule has 0 radical (unpaired) electrons. The van der Waals surface area contributed by atoms with Gasteiger partial charge in [0, 0.05) is 37.6 Å². The number of carbonyl (C=O) groups excluding carboxylic acids is 1. The maximum atomic E-state index is 12.2. The van der Waals surface area contributed by atoms with Crippen LogP contribution in [0.4, 0.5) is 4.79 Å². The second kappa shape index (κ2) is 4.30. The van der Waals surface area contributed by atoms with Crippen LogP contribution in [0.5, 0.6) is 0 Å². The van der Waals surface area contributed by atoms with E-state index in [9.17, 15) is 4.79 Å². The van der Waals surface area contributed by atoms with Crippen LogP contribution in [0.2, 0.25) is 0 Å². The van der Waals surface area contributed by atoms with E-state index in [-0.39, 0.29) is 6.03 Å². The molecule has 16 heavy (non-hydrogen) atoms. The summed E-state index contributed by atoms with van der Waals surface area (Å²) in [4.78, 5) is 20.4. The van der Waals surface area contributed by atoms with Crippen molar-refractivity contribution in [3.63, 3.8) is 0 Å². The Balaban J connectivity index is 2.39. The molecule has 0 aliphatic rings. The van der Waals surface area contributed by atoms with Gasteiger partial charge < -0.3 is 0 Å². The molecule has 0 bridgehead atoms. The van der Waals surface area contributed by atoms with E-state index in [1.54, 1.807) is 33.9 Å². The van der Waals surface area contributed by atoms with Crippen molar-refractivity contribution in [2.75, 3.05) is 0 Å². The molecule has 0 aliphatic heterocycles. The quantitative estimate of drug-likeness (QED) is 0.771. The Bertz CT molecular complexity index is 453. The first-order valence-corrected chi connectivity index (χ1v) is 5.37. The van der Waals surface area contributed by atoms with Crippen LogP contribution >= 0.6 is 0 Å². The Kier molecular flexibility index (Phi) is 2.85. The standard InChI is InChI=1S/C11H14N4O/c1-3-9-12-5-7-14(9)11(16)15-8-6-13-10(15)4-2/h5-8H,3-4H2,1-2H3. The lowest BCUT2D eigenvalue weighted by Crippen LogP contribution is -2.22. The zero-order valence-electron chi connectivity index (χ0n) is 9.42. The molecule has 0 aromatic carbocycles. The summed E-state index contributed by atoms with van der Waals surface area (Å²) in [6.45, 7) is 3.95. The second-order valence-electron chi connectivity index (χ2n) is 3.42. The number of imidazole rings is 2. The van der Waals surface area contributed by atoms with Gasteiger partial charge in [-0.15, -0.1) is 0 Å². The SMILES string of the molecule is CCc1nccn1C(=O)n1ccnc1CC. The summed E-state index contributed by atoms with van der Waals surface area (Å²) < 4.78 is 3.11. The van der Waals surface area contributed by atoms with E-state index in [1.807, 2.05) is 13.8 Å². The lowest BCUT2D eigenvalue weighted by atomic mass is 10.4. The van der Waals surface area contributed by atoms with E-state index in [1.165, 1.54) is 0 Å². The van der Waals surface area contributed by atoms with Crippen LogP contribution in [0.3, 0.4) is 0 Å². The summed E-state index contributed by atoms with van der Waals surface area (Å²) >= 11 is 0. The van der Waals surface area contributed by atoms with Gasteiger partial charge in [0.25, 0.3) is 0 Å². The largest absolute Gasteiger partial charge is 0.339 e. The van der Waals surface area contributed by atoms with Crippen LogP contribution in [0.1, 0.15) is 25.5 Å². The topological polar surface area (TPSA) is 52.7 Å². The highest BCUT2D eigenvalue weighted by Gasteiger charge is 2.13. The average molecular weight is 218 g/mol. The molecular weight excluding hydrogens is 204 g/mol. The van der Waals surface area contributed by atoms with Gasteiger partial charge in [0.05, 0.1) is 0 Å². The Morgan fingerprint density at radius 1 is 1.06 bits per heavy atom. The number of carbonyl (C=O) groups is 1. The maximum absolute atomic E-state index is 12.2. The number of aryl methyl sites for hydroxylation is 2. The maximum Gasteiger partial charge on any atom is 0.339 e. The fourth-order valence-corrected chi connectivity index (χ4v) is 1.66. The monoisotopic (exact) mass is 218 g/mol. The molecule has 2 rings (SSSR count). The van der Waals surface area contributed by atoms with Crippen LogP contribution in [0.25, 0.3) is 0 Å². The number of rotatable bonds is 2. The first-order valence-electron chi connectivity index (χ1n) is 5.37. The van der Waals surface area contributed by atoms with Gasteiger partial charge in [-0.2, -0.15) is 0 Å². The molecular formula is C11H14N4O. The summed E-state index contributed by atoms with van der Waals surface area (Å²) in [5, 5.41) is 0. The highest BCUT2D eigenvalue weighted by molar-refractivity contribution is 5.80. The van der Waals surface area contributed by atoms with E-state index in [0.29, 0.717) is 0 Å². The Morgan fingerprint density at radius 2 is 1.50 bits per heavy atom. The molecule has 5 nitrogen and oxygen atoms in total. The lowest BCUT2D eigenvalue weighted by Gasteiger charge is -2.07. The first-order chi connectivity index (χ1) is 7.77. The minimum Gasteiger partial charge on any atom is -0.255 e. The highest BCUT2D eigenvalue weighted by atomic mass is 16.2. The molecule has 0 atom stereocenters. The lowest BCUT2D eigenvalue weighted by molar-refractivity contribution is 0.242. The predicted molar refractivity (Wildman–Crippen MR) is 59.4 cm³/mol. The van der Waals surface area contributed by atoms with E-state index in [0.717, 1.165) is 24.5 Å². The van der Waals surface area contributed by atoms with Gasteiger partial charge in [-0.1, -0.05) is 13.8 Å². The fraction of sp³-hybridized carbons (Fsp3) is 0.364. The van der Waals surface area contributed by atoms with Crippen molar-refractivity contribution in [2.24, 2.45) is 0 Å². The summed E-state index contributed by atoms with van der Waals surface area (Å²) in [5.74, 6) is 1.53. The van der Waals surface area contributed by atoms with Crippen LogP contribution in [-0.2, 0) is 12.8 Å². The molecule has 0 saturated carbocycles. The van der Waals surface area contributed by atoms with Crippen molar-refractivity contribution in [1.82, 2.24) is 19.1 Å². The molecule has 0 N–H and O–H groups in total. The normalized spacial score (nSPS) is 10.6. The summed E-state index contributed by atoms with van der Waals surface area (Å²) in [5.41, 5.74) is 0. The van der Waals surface area contributed by atoms with Crippen LogP contribution < -0.4 is 0 Å². The predicted octanol–water partition coefficient (Wildman–Crippen LogP) is 1.72. The molecule has 0 saturated heterocycles. The molecule has 0 aliphatic carbocycles. The van der Waals surface area contributed by atoms with E-state index < -0.39 is 0 Å². The van der Waals surface area contributed by atoms with E-state index in [4.69, 9.17) is 0 Å². The molecule has 0 amide bonds. The minimum absolute atomic E-state index is 0.122. The van der Waals surface area contributed by atoms with Crippen molar-refractivity contribution in [2.45, 2.75) is 26.7 Å². The average Bonchev–Trinajstić information content (AvgIpc) is 2.96. The molecule has 2 aromatic heterocycles. The third kappa shape index (κ3) is 1.64. The van der Waals surface area contributed by atoms with E-state index in [2.05, 4.69) is 9.97 Å². The van der Waals surface area contributed by atoms with Crippen molar-refractivity contribution < 1.29 is 4.79 Å². The van der Waals surface area contributed by atoms with Gasteiger partial charge >= 0.3 is 6.03 Å². The number of aromatic nitrogens is 4. The van der Waals surface area contributed by atoms with E-state index >= 15 is 0 Å². The zero-order valence-corrected chi connectivity index (χ0v) is 9.42. The smallest absolute Gasteiger partial charge is 0.255 e. The molecule has 0 unspecified atom stereocenters. The fourth-order valence-electron chi connectivity index (χ4n) is 1.66. The summed E-state index contributed by atoms with van der Waals surface area (Å²) in [7, 11) is 0. The first kappa shape index (κ1) is 10.6. The molecule has 0 spiro atoms. The zero-order chi connectivity index (χ0) is 11.5.